The fourth-order valence-electron chi connectivity index (χ4n) is 4.50. The number of likely N-dealkylation sites (N-methyl/N-ethyl adjacent to an activating group) is 1. The van der Waals surface area contributed by atoms with Crippen LogP contribution in [0.15, 0.2) is 65.7 Å². The molecule has 2 aromatic carbocycles. The third-order valence-corrected chi connectivity index (χ3v) is 6.84. The molecule has 0 spiro atoms. The highest BCUT2D eigenvalue weighted by molar-refractivity contribution is 5.96. The summed E-state index contributed by atoms with van der Waals surface area (Å²) in [5, 5.41) is 3.40. The van der Waals surface area contributed by atoms with Crippen LogP contribution in [0.4, 0.5) is 11.6 Å². The van der Waals surface area contributed by atoms with Gasteiger partial charge in [0, 0.05) is 62.1 Å². The van der Waals surface area contributed by atoms with Crippen molar-refractivity contribution in [1.29, 1.82) is 0 Å². The van der Waals surface area contributed by atoms with E-state index in [1.807, 2.05) is 12.1 Å². The maximum atomic E-state index is 12.9. The van der Waals surface area contributed by atoms with Gasteiger partial charge in [0.05, 0.1) is 5.39 Å². The lowest BCUT2D eigenvalue weighted by Gasteiger charge is -2.32. The van der Waals surface area contributed by atoms with E-state index in [9.17, 15) is 9.59 Å². The van der Waals surface area contributed by atoms with Crippen LogP contribution >= 0.6 is 0 Å². The lowest BCUT2D eigenvalue weighted by atomic mass is 10.1. The van der Waals surface area contributed by atoms with E-state index in [-0.39, 0.29) is 10.9 Å². The number of carbonyl (C=O) groups excluding carboxylic acids is 1. The SMILES string of the molecule is C#Cc1ccc(-n2cc(C(N)=O)c(=O)c3cnc(Nc4ccc(CCN5CCN(C)CC5)cc4)nc32)cc1. The fraction of sp³-hybridized carbons (Fsp3) is 0.241. The van der Waals surface area contributed by atoms with E-state index in [0.29, 0.717) is 22.8 Å². The van der Waals surface area contributed by atoms with Gasteiger partial charge in [-0.2, -0.15) is 4.98 Å². The van der Waals surface area contributed by atoms with Gasteiger partial charge >= 0.3 is 0 Å². The van der Waals surface area contributed by atoms with Crippen LogP contribution in [-0.2, 0) is 6.42 Å². The van der Waals surface area contributed by atoms with Crippen LogP contribution in [0.25, 0.3) is 16.7 Å². The van der Waals surface area contributed by atoms with Crippen LogP contribution in [-0.4, -0.2) is 70.0 Å². The van der Waals surface area contributed by atoms with Gasteiger partial charge < -0.3 is 25.4 Å². The topological polar surface area (TPSA) is 109 Å². The predicted molar refractivity (Wildman–Crippen MR) is 149 cm³/mol. The molecule has 1 aliphatic rings. The molecule has 9 nitrogen and oxygen atoms in total. The van der Waals surface area contributed by atoms with Crippen LogP contribution in [0.2, 0.25) is 0 Å². The lowest BCUT2D eigenvalue weighted by Crippen LogP contribution is -2.45. The first-order chi connectivity index (χ1) is 18.4. The van der Waals surface area contributed by atoms with Gasteiger partial charge in [0.1, 0.15) is 5.56 Å². The third-order valence-electron chi connectivity index (χ3n) is 6.84. The van der Waals surface area contributed by atoms with Gasteiger partial charge in [0.25, 0.3) is 5.91 Å². The normalized spacial score (nSPS) is 14.3. The van der Waals surface area contributed by atoms with Gasteiger partial charge in [-0.1, -0.05) is 18.1 Å². The number of terminal acetylenes is 1. The number of nitrogens with zero attached hydrogens (tertiary/aromatic N) is 5. The number of pyridine rings is 1. The van der Waals surface area contributed by atoms with Crippen LogP contribution in [0.1, 0.15) is 21.5 Å². The smallest absolute Gasteiger partial charge is 0.254 e. The second-order valence-electron chi connectivity index (χ2n) is 9.45. The summed E-state index contributed by atoms with van der Waals surface area (Å²) in [6.45, 7) is 5.48. The van der Waals surface area contributed by atoms with E-state index >= 15 is 0 Å². The Morgan fingerprint density at radius 3 is 2.45 bits per heavy atom. The molecular formula is C29H29N7O2. The molecule has 0 bridgehead atoms. The van der Waals surface area contributed by atoms with Crippen LogP contribution in [0.3, 0.4) is 0 Å². The minimum Gasteiger partial charge on any atom is -0.365 e. The first kappa shape index (κ1) is 25.1. The summed E-state index contributed by atoms with van der Waals surface area (Å²) in [6, 6.07) is 15.3. The Kier molecular flexibility index (Phi) is 7.18. The minimum atomic E-state index is -0.819. The number of anilines is 2. The molecule has 0 atom stereocenters. The van der Waals surface area contributed by atoms with Gasteiger partial charge in [-0.3, -0.25) is 9.59 Å². The second-order valence-corrected chi connectivity index (χ2v) is 9.45. The van der Waals surface area contributed by atoms with E-state index in [1.165, 1.54) is 18.0 Å². The molecule has 1 amide bonds. The molecule has 0 radical (unpaired) electrons. The zero-order valence-corrected chi connectivity index (χ0v) is 21.2. The second kappa shape index (κ2) is 10.8. The van der Waals surface area contributed by atoms with Crippen molar-refractivity contribution in [2.45, 2.75) is 6.42 Å². The maximum Gasteiger partial charge on any atom is 0.254 e. The van der Waals surface area contributed by atoms with E-state index in [4.69, 9.17) is 12.2 Å². The van der Waals surface area contributed by atoms with Gasteiger partial charge in [-0.15, -0.1) is 6.42 Å². The summed E-state index contributed by atoms with van der Waals surface area (Å²) in [7, 11) is 2.16. The minimum absolute atomic E-state index is 0.144. The molecule has 38 heavy (non-hydrogen) atoms. The van der Waals surface area contributed by atoms with Gasteiger partial charge in [0.15, 0.2) is 5.65 Å². The summed E-state index contributed by atoms with van der Waals surface area (Å²) in [5.41, 5.74) is 8.63. The number of carbonyl (C=O) groups is 1. The summed E-state index contributed by atoms with van der Waals surface area (Å²) in [6.07, 6.45) is 9.29. The average Bonchev–Trinajstić information content (AvgIpc) is 2.94. The number of benzene rings is 2. The van der Waals surface area contributed by atoms with Gasteiger partial charge in [-0.05, 0) is 55.4 Å². The summed E-state index contributed by atoms with van der Waals surface area (Å²) in [4.78, 5) is 38.7. The third kappa shape index (κ3) is 5.42. The highest BCUT2D eigenvalue weighted by Crippen LogP contribution is 2.20. The standard InChI is InChI=1S/C29H29N7O2/c1-3-20-6-10-23(11-7-20)36-19-25(27(30)38)26(37)24-18-31-29(33-28(24)36)32-22-8-4-21(5-9-22)12-13-35-16-14-34(2)15-17-35/h1,4-11,18-19H,12-17H2,2H3,(H2,30,38)(H,31,32,33). The van der Waals surface area contributed by atoms with Crippen LogP contribution in [0, 0.1) is 12.3 Å². The average molecular weight is 508 g/mol. The van der Waals surface area contributed by atoms with Crippen molar-refractivity contribution in [2.75, 3.05) is 45.1 Å². The Morgan fingerprint density at radius 1 is 1.08 bits per heavy atom. The van der Waals surface area contributed by atoms with Gasteiger partial charge in [-0.25, -0.2) is 4.98 Å². The van der Waals surface area contributed by atoms with E-state index in [1.54, 1.807) is 28.8 Å². The number of hydrogen-bond acceptors (Lipinski definition) is 7. The van der Waals surface area contributed by atoms with E-state index < -0.39 is 11.3 Å². The number of hydrogen-bond donors (Lipinski definition) is 2. The first-order valence-electron chi connectivity index (χ1n) is 12.5. The number of fused-ring (bicyclic) bond motifs is 1. The molecule has 2 aromatic heterocycles. The Morgan fingerprint density at radius 2 is 1.79 bits per heavy atom. The fourth-order valence-corrected chi connectivity index (χ4v) is 4.50. The Bertz CT molecular complexity index is 1560. The zero-order chi connectivity index (χ0) is 26.6. The molecule has 0 aliphatic carbocycles. The molecule has 0 unspecified atom stereocenters. The number of primary amides is 1. The highest BCUT2D eigenvalue weighted by atomic mass is 16.2. The number of aromatic nitrogens is 3. The van der Waals surface area contributed by atoms with Crippen molar-refractivity contribution in [3.8, 4) is 18.0 Å². The van der Waals surface area contributed by atoms with Gasteiger partial charge in [0.2, 0.25) is 11.4 Å². The highest BCUT2D eigenvalue weighted by Gasteiger charge is 2.17. The predicted octanol–water partition coefficient (Wildman–Crippen LogP) is 2.39. The van der Waals surface area contributed by atoms with E-state index in [0.717, 1.165) is 44.8 Å². The zero-order valence-electron chi connectivity index (χ0n) is 21.2. The maximum absolute atomic E-state index is 12.9. The molecular weight excluding hydrogens is 478 g/mol. The van der Waals surface area contributed by atoms with Crippen molar-refractivity contribution >= 4 is 28.6 Å². The summed E-state index contributed by atoms with van der Waals surface area (Å²) < 4.78 is 1.64. The van der Waals surface area contributed by atoms with E-state index in [2.05, 4.69) is 50.2 Å². The van der Waals surface area contributed by atoms with Crippen molar-refractivity contribution in [1.82, 2.24) is 24.3 Å². The molecule has 1 saturated heterocycles. The molecule has 1 fully saturated rings. The molecule has 1 aliphatic heterocycles. The number of nitrogens with one attached hydrogen (secondary N) is 1. The molecule has 9 heteroatoms. The van der Waals surface area contributed by atoms with Crippen LogP contribution in [0.5, 0.6) is 0 Å². The number of nitrogens with two attached hydrogens (primary N) is 1. The van der Waals surface area contributed by atoms with Crippen LogP contribution < -0.4 is 16.5 Å². The summed E-state index contributed by atoms with van der Waals surface area (Å²) in [5.74, 6) is 2.08. The Hall–Kier alpha value is -4.52. The number of piperazine rings is 1. The molecule has 4 aromatic rings. The monoisotopic (exact) mass is 507 g/mol. The largest absolute Gasteiger partial charge is 0.365 e. The molecule has 192 valence electrons. The van der Waals surface area contributed by atoms with Crippen molar-refractivity contribution in [2.24, 2.45) is 5.73 Å². The van der Waals surface area contributed by atoms with Crippen molar-refractivity contribution in [3.05, 3.63) is 87.8 Å². The lowest BCUT2D eigenvalue weighted by molar-refractivity contribution is 0.0999. The molecule has 3 N–H and O–H groups in total. The van der Waals surface area contributed by atoms with Crippen molar-refractivity contribution < 1.29 is 4.79 Å². The Balaban J connectivity index is 1.39. The number of rotatable bonds is 7. The molecule has 5 rings (SSSR count). The molecule has 3 heterocycles. The quantitative estimate of drug-likeness (QED) is 0.370. The summed E-state index contributed by atoms with van der Waals surface area (Å²) >= 11 is 0. The first-order valence-corrected chi connectivity index (χ1v) is 12.5. The molecule has 0 saturated carbocycles. The van der Waals surface area contributed by atoms with Crippen molar-refractivity contribution in [3.63, 3.8) is 0 Å². The Labute approximate surface area is 220 Å². The number of amides is 1.